The lowest BCUT2D eigenvalue weighted by Gasteiger charge is -2.37. The number of hydrogen-bond acceptors (Lipinski definition) is 2. The zero-order chi connectivity index (χ0) is 17.3. The summed E-state index contributed by atoms with van der Waals surface area (Å²) in [5.41, 5.74) is 7.06. The van der Waals surface area contributed by atoms with Crippen molar-refractivity contribution in [2.75, 3.05) is 31.1 Å². The number of amides is 1. The van der Waals surface area contributed by atoms with E-state index in [1.54, 1.807) is 0 Å². The third kappa shape index (κ3) is 3.30. The molecular formula is C21H26N2O. The minimum absolute atomic E-state index is 0.155. The number of anilines is 1. The van der Waals surface area contributed by atoms with E-state index in [4.69, 9.17) is 0 Å². The second-order valence-electron chi connectivity index (χ2n) is 6.87. The average Bonchev–Trinajstić information content (AvgIpc) is 2.56. The summed E-state index contributed by atoms with van der Waals surface area (Å²) in [4.78, 5) is 17.2. The quantitative estimate of drug-likeness (QED) is 0.837. The molecule has 0 radical (unpaired) electrons. The topological polar surface area (TPSA) is 23.6 Å². The molecule has 3 rings (SSSR count). The maximum Gasteiger partial charge on any atom is 0.253 e. The molecule has 2 aromatic carbocycles. The highest BCUT2D eigenvalue weighted by molar-refractivity contribution is 5.94. The van der Waals surface area contributed by atoms with Crippen LogP contribution in [0.25, 0.3) is 0 Å². The third-order valence-electron chi connectivity index (χ3n) is 4.95. The molecule has 1 saturated heterocycles. The van der Waals surface area contributed by atoms with Crippen LogP contribution in [0.1, 0.15) is 32.6 Å². The molecule has 1 amide bonds. The zero-order valence-corrected chi connectivity index (χ0v) is 15.1. The van der Waals surface area contributed by atoms with Gasteiger partial charge < -0.3 is 9.80 Å². The highest BCUT2D eigenvalue weighted by Crippen LogP contribution is 2.24. The van der Waals surface area contributed by atoms with Crippen molar-refractivity contribution in [3.8, 4) is 0 Å². The van der Waals surface area contributed by atoms with Crippen LogP contribution in [0.4, 0.5) is 5.69 Å². The van der Waals surface area contributed by atoms with Gasteiger partial charge in [-0.3, -0.25) is 4.79 Å². The Morgan fingerprint density at radius 3 is 2.12 bits per heavy atom. The van der Waals surface area contributed by atoms with E-state index in [-0.39, 0.29) is 5.91 Å². The van der Waals surface area contributed by atoms with Crippen LogP contribution in [-0.2, 0) is 0 Å². The minimum atomic E-state index is 0.155. The summed E-state index contributed by atoms with van der Waals surface area (Å²) in [6.07, 6.45) is 0. The number of aryl methyl sites for hydroxylation is 3. The van der Waals surface area contributed by atoms with Gasteiger partial charge in [0.2, 0.25) is 0 Å². The van der Waals surface area contributed by atoms with E-state index in [9.17, 15) is 4.79 Å². The fraction of sp³-hybridized carbons (Fsp3) is 0.381. The van der Waals surface area contributed by atoms with Gasteiger partial charge in [0.1, 0.15) is 0 Å². The molecule has 3 nitrogen and oxygen atoms in total. The first-order chi connectivity index (χ1) is 11.5. The summed E-state index contributed by atoms with van der Waals surface area (Å²) >= 11 is 0. The van der Waals surface area contributed by atoms with E-state index < -0.39 is 0 Å². The number of carbonyl (C=O) groups is 1. The standard InChI is InChI=1S/C21H26N2O/c1-15-12-16(2)14-19(13-15)21(24)23-10-8-22(9-11-23)20-7-5-6-17(3)18(20)4/h5-7,12-14H,8-11H2,1-4H3. The summed E-state index contributed by atoms with van der Waals surface area (Å²) in [6.45, 7) is 11.8. The van der Waals surface area contributed by atoms with Crippen LogP contribution >= 0.6 is 0 Å². The molecule has 0 saturated carbocycles. The summed E-state index contributed by atoms with van der Waals surface area (Å²) in [5, 5.41) is 0. The maximum absolute atomic E-state index is 12.8. The first-order valence-corrected chi connectivity index (χ1v) is 8.64. The smallest absolute Gasteiger partial charge is 0.253 e. The summed E-state index contributed by atoms with van der Waals surface area (Å²) < 4.78 is 0. The predicted molar refractivity (Wildman–Crippen MR) is 99.9 cm³/mol. The number of rotatable bonds is 2. The van der Waals surface area contributed by atoms with Crippen LogP contribution in [0.15, 0.2) is 36.4 Å². The van der Waals surface area contributed by atoms with Gasteiger partial charge in [0, 0.05) is 37.4 Å². The summed E-state index contributed by atoms with van der Waals surface area (Å²) in [6, 6.07) is 12.5. The lowest BCUT2D eigenvalue weighted by molar-refractivity contribution is 0.0746. The van der Waals surface area contributed by atoms with E-state index in [2.05, 4.69) is 43.0 Å². The first kappa shape index (κ1) is 16.6. The van der Waals surface area contributed by atoms with Crippen molar-refractivity contribution in [1.29, 1.82) is 0 Å². The van der Waals surface area contributed by atoms with Crippen LogP contribution in [-0.4, -0.2) is 37.0 Å². The van der Waals surface area contributed by atoms with E-state index in [0.717, 1.165) is 42.9 Å². The zero-order valence-electron chi connectivity index (χ0n) is 15.1. The van der Waals surface area contributed by atoms with Crippen LogP contribution in [0.5, 0.6) is 0 Å². The fourth-order valence-electron chi connectivity index (χ4n) is 3.51. The third-order valence-corrected chi connectivity index (χ3v) is 4.95. The van der Waals surface area contributed by atoms with Gasteiger partial charge in [-0.15, -0.1) is 0 Å². The Bertz CT molecular complexity index is 738. The van der Waals surface area contributed by atoms with Gasteiger partial charge in [0.15, 0.2) is 0 Å². The molecule has 0 spiro atoms. The van der Waals surface area contributed by atoms with E-state index >= 15 is 0 Å². The minimum Gasteiger partial charge on any atom is -0.368 e. The maximum atomic E-state index is 12.8. The molecule has 0 unspecified atom stereocenters. The summed E-state index contributed by atoms with van der Waals surface area (Å²) in [5.74, 6) is 0.155. The Morgan fingerprint density at radius 1 is 0.875 bits per heavy atom. The lowest BCUT2D eigenvalue weighted by atomic mass is 10.1. The van der Waals surface area contributed by atoms with Gasteiger partial charge in [0.25, 0.3) is 5.91 Å². The Morgan fingerprint density at radius 2 is 1.50 bits per heavy atom. The Balaban J connectivity index is 1.70. The molecule has 0 aliphatic carbocycles. The molecular weight excluding hydrogens is 296 g/mol. The van der Waals surface area contributed by atoms with Gasteiger partial charge in [-0.25, -0.2) is 0 Å². The molecule has 1 aliphatic rings. The fourth-order valence-corrected chi connectivity index (χ4v) is 3.51. The highest BCUT2D eigenvalue weighted by Gasteiger charge is 2.23. The number of piperazine rings is 1. The molecule has 2 aromatic rings. The molecule has 3 heteroatoms. The van der Waals surface area contributed by atoms with Crippen molar-refractivity contribution in [3.63, 3.8) is 0 Å². The van der Waals surface area contributed by atoms with Crippen molar-refractivity contribution in [3.05, 3.63) is 64.2 Å². The highest BCUT2D eigenvalue weighted by atomic mass is 16.2. The van der Waals surface area contributed by atoms with E-state index in [1.807, 2.05) is 30.9 Å². The molecule has 0 aromatic heterocycles. The molecule has 0 N–H and O–H groups in total. The molecule has 1 heterocycles. The molecule has 24 heavy (non-hydrogen) atoms. The number of benzene rings is 2. The Kier molecular flexibility index (Phi) is 4.61. The van der Waals surface area contributed by atoms with E-state index in [0.29, 0.717) is 0 Å². The predicted octanol–water partition coefficient (Wildman–Crippen LogP) is 3.88. The Hall–Kier alpha value is -2.29. The summed E-state index contributed by atoms with van der Waals surface area (Å²) in [7, 11) is 0. The molecule has 0 bridgehead atoms. The lowest BCUT2D eigenvalue weighted by Crippen LogP contribution is -2.49. The van der Waals surface area contributed by atoms with Crippen molar-refractivity contribution >= 4 is 11.6 Å². The van der Waals surface area contributed by atoms with Crippen molar-refractivity contribution in [2.45, 2.75) is 27.7 Å². The molecule has 1 aliphatic heterocycles. The average molecular weight is 322 g/mol. The Labute approximate surface area is 144 Å². The largest absolute Gasteiger partial charge is 0.368 e. The molecule has 126 valence electrons. The van der Waals surface area contributed by atoms with Crippen molar-refractivity contribution in [1.82, 2.24) is 4.90 Å². The second-order valence-corrected chi connectivity index (χ2v) is 6.87. The van der Waals surface area contributed by atoms with Gasteiger partial charge in [-0.05, 0) is 57.0 Å². The number of nitrogens with zero attached hydrogens (tertiary/aromatic N) is 2. The van der Waals surface area contributed by atoms with Gasteiger partial charge >= 0.3 is 0 Å². The van der Waals surface area contributed by atoms with Gasteiger partial charge in [0.05, 0.1) is 0 Å². The van der Waals surface area contributed by atoms with E-state index in [1.165, 1.54) is 16.8 Å². The first-order valence-electron chi connectivity index (χ1n) is 8.64. The SMILES string of the molecule is Cc1cc(C)cc(C(=O)N2CCN(c3cccc(C)c3C)CC2)c1. The van der Waals surface area contributed by atoms with Crippen LogP contribution in [0.2, 0.25) is 0 Å². The number of carbonyl (C=O) groups excluding carboxylic acids is 1. The van der Waals surface area contributed by atoms with Crippen molar-refractivity contribution < 1.29 is 4.79 Å². The molecule has 1 fully saturated rings. The number of hydrogen-bond donors (Lipinski definition) is 0. The van der Waals surface area contributed by atoms with Gasteiger partial charge in [-0.1, -0.05) is 29.3 Å². The second kappa shape index (κ2) is 6.68. The van der Waals surface area contributed by atoms with Crippen LogP contribution in [0.3, 0.4) is 0 Å². The monoisotopic (exact) mass is 322 g/mol. The van der Waals surface area contributed by atoms with Crippen LogP contribution < -0.4 is 4.90 Å². The van der Waals surface area contributed by atoms with Crippen LogP contribution in [0, 0.1) is 27.7 Å². The molecule has 0 atom stereocenters. The van der Waals surface area contributed by atoms with Gasteiger partial charge in [-0.2, -0.15) is 0 Å². The normalized spacial score (nSPS) is 14.8. The van der Waals surface area contributed by atoms with Crippen molar-refractivity contribution in [2.24, 2.45) is 0 Å².